The molecule has 0 bridgehead atoms. The number of carbonyl (C=O) groups excluding carboxylic acids is 1. The SMILES string of the molecule is COc1ccc(S(=O)(=O)NC(=O)C2CC3(CCC3)C2)cn1. The number of methoxy groups -OCH3 is 1. The van der Waals surface area contributed by atoms with E-state index in [1.807, 2.05) is 0 Å². The van der Waals surface area contributed by atoms with Gasteiger partial charge in [-0.3, -0.25) is 4.79 Å². The van der Waals surface area contributed by atoms with Gasteiger partial charge in [-0.1, -0.05) is 6.42 Å². The highest BCUT2D eigenvalue weighted by atomic mass is 32.2. The van der Waals surface area contributed by atoms with Crippen LogP contribution in [0.5, 0.6) is 5.88 Å². The smallest absolute Gasteiger partial charge is 0.265 e. The van der Waals surface area contributed by atoms with Crippen molar-refractivity contribution in [3.63, 3.8) is 0 Å². The normalized spacial score (nSPS) is 20.4. The maximum Gasteiger partial charge on any atom is 0.265 e. The van der Waals surface area contributed by atoms with E-state index in [0.717, 1.165) is 12.8 Å². The zero-order valence-corrected chi connectivity index (χ0v) is 12.6. The molecule has 21 heavy (non-hydrogen) atoms. The van der Waals surface area contributed by atoms with E-state index in [1.165, 1.54) is 44.7 Å². The second-order valence-electron chi connectivity index (χ2n) is 5.96. The molecule has 3 rings (SSSR count). The molecular formula is C14H18N2O4S. The molecule has 0 radical (unpaired) electrons. The Labute approximate surface area is 124 Å². The van der Waals surface area contributed by atoms with Crippen LogP contribution in [0, 0.1) is 11.3 Å². The monoisotopic (exact) mass is 310 g/mol. The fraction of sp³-hybridized carbons (Fsp3) is 0.571. The van der Waals surface area contributed by atoms with E-state index in [1.54, 1.807) is 0 Å². The Kier molecular flexibility index (Phi) is 3.39. The molecule has 0 atom stereocenters. The van der Waals surface area contributed by atoms with Gasteiger partial charge < -0.3 is 4.74 Å². The van der Waals surface area contributed by atoms with Gasteiger partial charge in [0, 0.05) is 12.0 Å². The van der Waals surface area contributed by atoms with Crippen LogP contribution in [0.4, 0.5) is 0 Å². The fourth-order valence-electron chi connectivity index (χ4n) is 3.18. The fourth-order valence-corrected chi connectivity index (χ4v) is 4.17. The van der Waals surface area contributed by atoms with Gasteiger partial charge in [0.25, 0.3) is 10.0 Å². The minimum absolute atomic E-state index is 0.0330. The Hall–Kier alpha value is -1.63. The quantitative estimate of drug-likeness (QED) is 0.910. The number of pyridine rings is 1. The summed E-state index contributed by atoms with van der Waals surface area (Å²) in [5.41, 5.74) is 0.341. The summed E-state index contributed by atoms with van der Waals surface area (Å²) in [5, 5.41) is 0. The first kappa shape index (κ1) is 14.3. The van der Waals surface area contributed by atoms with Crippen LogP contribution in [0.2, 0.25) is 0 Å². The van der Waals surface area contributed by atoms with Gasteiger partial charge in [-0.05, 0) is 37.2 Å². The van der Waals surface area contributed by atoms with Crippen LogP contribution in [0.3, 0.4) is 0 Å². The van der Waals surface area contributed by atoms with Crippen molar-refractivity contribution in [1.82, 2.24) is 9.71 Å². The number of rotatable bonds is 4. The number of hydrogen-bond acceptors (Lipinski definition) is 5. The summed E-state index contributed by atoms with van der Waals surface area (Å²) in [6.45, 7) is 0. The first-order valence-corrected chi connectivity index (χ1v) is 8.49. The van der Waals surface area contributed by atoms with Gasteiger partial charge in [-0.15, -0.1) is 0 Å². The molecule has 0 unspecified atom stereocenters. The molecule has 0 aromatic carbocycles. The van der Waals surface area contributed by atoms with Crippen LogP contribution in [0.1, 0.15) is 32.1 Å². The minimum atomic E-state index is -3.85. The van der Waals surface area contributed by atoms with Crippen molar-refractivity contribution in [2.75, 3.05) is 7.11 Å². The number of carbonyl (C=O) groups is 1. The molecule has 2 fully saturated rings. The molecule has 6 nitrogen and oxygen atoms in total. The van der Waals surface area contributed by atoms with Crippen molar-refractivity contribution in [3.05, 3.63) is 18.3 Å². The van der Waals surface area contributed by atoms with Gasteiger partial charge in [-0.2, -0.15) is 0 Å². The Bertz CT molecular complexity index is 642. The molecule has 1 amide bonds. The second kappa shape index (κ2) is 4.98. The zero-order chi connectivity index (χ0) is 15.1. The summed E-state index contributed by atoms with van der Waals surface area (Å²) in [6, 6.07) is 2.82. The molecule has 114 valence electrons. The van der Waals surface area contributed by atoms with E-state index in [4.69, 9.17) is 4.74 Å². The Morgan fingerprint density at radius 1 is 1.38 bits per heavy atom. The molecule has 7 heteroatoms. The van der Waals surface area contributed by atoms with Crippen molar-refractivity contribution in [2.24, 2.45) is 11.3 Å². The van der Waals surface area contributed by atoms with Crippen molar-refractivity contribution in [2.45, 2.75) is 37.0 Å². The van der Waals surface area contributed by atoms with Crippen molar-refractivity contribution >= 4 is 15.9 Å². The largest absolute Gasteiger partial charge is 0.481 e. The number of ether oxygens (including phenoxy) is 1. The third kappa shape index (κ3) is 2.62. The van der Waals surface area contributed by atoms with E-state index in [-0.39, 0.29) is 10.8 Å². The maximum atomic E-state index is 12.1. The first-order valence-electron chi connectivity index (χ1n) is 7.01. The summed E-state index contributed by atoms with van der Waals surface area (Å²) < 4.78 is 31.3. The van der Waals surface area contributed by atoms with E-state index in [2.05, 4.69) is 9.71 Å². The maximum absolute atomic E-state index is 12.1. The lowest BCUT2D eigenvalue weighted by Gasteiger charge is -2.53. The Morgan fingerprint density at radius 2 is 2.10 bits per heavy atom. The van der Waals surface area contributed by atoms with Gasteiger partial charge in [0.2, 0.25) is 11.8 Å². The molecule has 0 aliphatic heterocycles. The molecule has 1 spiro atoms. The summed E-state index contributed by atoms with van der Waals surface area (Å²) in [7, 11) is -2.40. The van der Waals surface area contributed by atoms with Gasteiger partial charge >= 0.3 is 0 Å². The third-order valence-electron chi connectivity index (χ3n) is 4.61. The molecule has 2 aliphatic rings. The molecule has 1 aromatic rings. The van der Waals surface area contributed by atoms with Crippen molar-refractivity contribution in [3.8, 4) is 5.88 Å². The topological polar surface area (TPSA) is 85.4 Å². The molecule has 2 saturated carbocycles. The van der Waals surface area contributed by atoms with Crippen LogP contribution in [-0.4, -0.2) is 26.4 Å². The summed E-state index contributed by atoms with van der Waals surface area (Å²) in [4.78, 5) is 15.8. The standard InChI is InChI=1S/C14H18N2O4S/c1-20-12-4-3-11(9-15-12)21(18,19)16-13(17)10-7-14(8-10)5-2-6-14/h3-4,9-10H,2,5-8H2,1H3,(H,16,17). The minimum Gasteiger partial charge on any atom is -0.481 e. The van der Waals surface area contributed by atoms with Gasteiger partial charge in [0.05, 0.1) is 13.3 Å². The number of sulfonamides is 1. The lowest BCUT2D eigenvalue weighted by Crippen LogP contribution is -2.49. The molecule has 2 aliphatic carbocycles. The Balaban J connectivity index is 1.63. The van der Waals surface area contributed by atoms with Crippen molar-refractivity contribution < 1.29 is 17.9 Å². The van der Waals surface area contributed by atoms with Crippen molar-refractivity contribution in [1.29, 1.82) is 0 Å². The van der Waals surface area contributed by atoms with Gasteiger partial charge in [-0.25, -0.2) is 18.1 Å². The number of nitrogens with zero attached hydrogens (tertiary/aromatic N) is 1. The van der Waals surface area contributed by atoms with E-state index in [0.29, 0.717) is 11.3 Å². The van der Waals surface area contributed by atoms with Crippen LogP contribution in [-0.2, 0) is 14.8 Å². The Morgan fingerprint density at radius 3 is 2.57 bits per heavy atom. The van der Waals surface area contributed by atoms with Gasteiger partial charge in [0.1, 0.15) is 4.90 Å². The molecule has 0 saturated heterocycles. The number of nitrogens with one attached hydrogen (secondary N) is 1. The number of hydrogen-bond donors (Lipinski definition) is 1. The third-order valence-corrected chi connectivity index (χ3v) is 5.94. The van der Waals surface area contributed by atoms with E-state index < -0.39 is 15.9 Å². The number of aromatic nitrogens is 1. The highest BCUT2D eigenvalue weighted by Crippen LogP contribution is 2.58. The molecular weight excluding hydrogens is 292 g/mol. The summed E-state index contributed by atoms with van der Waals surface area (Å²) in [6.07, 6.45) is 6.38. The van der Waals surface area contributed by atoms with Crippen LogP contribution >= 0.6 is 0 Å². The lowest BCUT2D eigenvalue weighted by molar-refractivity contribution is -0.134. The highest BCUT2D eigenvalue weighted by Gasteiger charge is 2.50. The summed E-state index contributed by atoms with van der Waals surface area (Å²) in [5.74, 6) is -0.249. The average Bonchev–Trinajstić information content (AvgIpc) is 2.35. The van der Waals surface area contributed by atoms with Crippen LogP contribution in [0.15, 0.2) is 23.2 Å². The molecule has 1 N–H and O–H groups in total. The second-order valence-corrected chi connectivity index (χ2v) is 7.65. The number of amides is 1. The predicted molar refractivity (Wildman–Crippen MR) is 75.1 cm³/mol. The van der Waals surface area contributed by atoms with Crippen LogP contribution < -0.4 is 9.46 Å². The van der Waals surface area contributed by atoms with E-state index >= 15 is 0 Å². The zero-order valence-electron chi connectivity index (χ0n) is 11.8. The highest BCUT2D eigenvalue weighted by molar-refractivity contribution is 7.90. The van der Waals surface area contributed by atoms with Gasteiger partial charge in [0.15, 0.2) is 0 Å². The average molecular weight is 310 g/mol. The van der Waals surface area contributed by atoms with E-state index in [9.17, 15) is 13.2 Å². The summed E-state index contributed by atoms with van der Waals surface area (Å²) >= 11 is 0. The predicted octanol–water partition coefficient (Wildman–Crippen LogP) is 1.48. The molecule has 1 aromatic heterocycles. The van der Waals surface area contributed by atoms with Crippen LogP contribution in [0.25, 0.3) is 0 Å². The first-order chi connectivity index (χ1) is 9.94. The molecule has 1 heterocycles. The lowest BCUT2D eigenvalue weighted by atomic mass is 9.52.